The molecule has 0 saturated heterocycles. The van der Waals surface area contributed by atoms with E-state index < -0.39 is 12.1 Å². The Hall–Kier alpha value is -3.79. The molecule has 2 aromatic rings. The summed E-state index contributed by atoms with van der Waals surface area (Å²) in [6, 6.07) is 16.7. The fourth-order valence-corrected chi connectivity index (χ4v) is 2.07. The lowest BCUT2D eigenvalue weighted by Gasteiger charge is -2.19. The fourth-order valence-electron chi connectivity index (χ4n) is 2.07. The Balaban J connectivity index is 2.08. The van der Waals surface area contributed by atoms with Crippen molar-refractivity contribution in [3.05, 3.63) is 67.3 Å². The molecule has 0 aromatic heterocycles. The third-order valence-electron chi connectivity index (χ3n) is 3.22. The number of nitriles is 1. The SMILES string of the molecule is C=CCNC(=O)Nc1cccc(OC(=O)N(CC#N)c2ccccc2)c1. The highest BCUT2D eigenvalue weighted by Crippen LogP contribution is 2.20. The van der Waals surface area contributed by atoms with E-state index in [1.54, 1.807) is 48.5 Å². The Kier molecular flexibility index (Phi) is 6.77. The average molecular weight is 350 g/mol. The summed E-state index contributed by atoms with van der Waals surface area (Å²) in [5, 5.41) is 14.2. The Morgan fingerprint density at radius 3 is 2.65 bits per heavy atom. The minimum atomic E-state index is -0.689. The number of carbonyl (C=O) groups excluding carboxylic acids is 2. The van der Waals surface area contributed by atoms with Gasteiger partial charge in [-0.15, -0.1) is 6.58 Å². The molecule has 0 heterocycles. The molecular formula is C19H18N4O3. The third kappa shape index (κ3) is 5.39. The molecule has 2 rings (SSSR count). The van der Waals surface area contributed by atoms with Crippen molar-refractivity contribution < 1.29 is 14.3 Å². The smallest absolute Gasteiger partial charge is 0.410 e. The first-order chi connectivity index (χ1) is 12.6. The lowest BCUT2D eigenvalue weighted by atomic mass is 10.3. The normalized spacial score (nSPS) is 9.50. The topological polar surface area (TPSA) is 94.5 Å². The molecule has 0 aliphatic carbocycles. The molecule has 0 spiro atoms. The van der Waals surface area contributed by atoms with Gasteiger partial charge in [-0.25, -0.2) is 9.59 Å². The van der Waals surface area contributed by atoms with Crippen LogP contribution in [0.1, 0.15) is 0 Å². The molecule has 3 amide bonds. The summed E-state index contributed by atoms with van der Waals surface area (Å²) in [6.45, 7) is 3.70. The van der Waals surface area contributed by atoms with Crippen LogP contribution in [0.15, 0.2) is 67.3 Å². The van der Waals surface area contributed by atoms with E-state index in [1.165, 1.54) is 11.0 Å². The van der Waals surface area contributed by atoms with E-state index in [0.717, 1.165) is 0 Å². The third-order valence-corrected chi connectivity index (χ3v) is 3.22. The van der Waals surface area contributed by atoms with Gasteiger partial charge in [0.05, 0.1) is 6.07 Å². The zero-order valence-electron chi connectivity index (χ0n) is 14.0. The van der Waals surface area contributed by atoms with E-state index in [2.05, 4.69) is 17.2 Å². The van der Waals surface area contributed by atoms with Crippen molar-refractivity contribution in [1.29, 1.82) is 5.26 Å². The fraction of sp³-hybridized carbons (Fsp3) is 0.105. The molecule has 0 bridgehead atoms. The van der Waals surface area contributed by atoms with Gasteiger partial charge in [0.15, 0.2) is 0 Å². The van der Waals surface area contributed by atoms with E-state index in [4.69, 9.17) is 10.00 Å². The van der Waals surface area contributed by atoms with Crippen molar-refractivity contribution in [2.75, 3.05) is 23.3 Å². The van der Waals surface area contributed by atoms with Gasteiger partial charge >= 0.3 is 12.1 Å². The molecule has 2 aromatic carbocycles. The molecule has 7 nitrogen and oxygen atoms in total. The van der Waals surface area contributed by atoms with Crippen LogP contribution in [0.2, 0.25) is 0 Å². The van der Waals surface area contributed by atoms with Gasteiger partial charge in [-0.2, -0.15) is 5.26 Å². The lowest BCUT2D eigenvalue weighted by Crippen LogP contribution is -2.34. The van der Waals surface area contributed by atoms with Crippen molar-refractivity contribution in [1.82, 2.24) is 5.32 Å². The van der Waals surface area contributed by atoms with Gasteiger partial charge in [0, 0.05) is 24.0 Å². The summed E-state index contributed by atoms with van der Waals surface area (Å²) in [5.74, 6) is 0.246. The first kappa shape index (κ1) is 18.5. The Morgan fingerprint density at radius 1 is 1.19 bits per heavy atom. The number of benzene rings is 2. The van der Waals surface area contributed by atoms with Gasteiger partial charge in [-0.1, -0.05) is 30.3 Å². The number of ether oxygens (including phenoxy) is 1. The van der Waals surface area contributed by atoms with Gasteiger partial charge in [-0.3, -0.25) is 4.90 Å². The van der Waals surface area contributed by atoms with E-state index in [-0.39, 0.29) is 12.3 Å². The Labute approximate surface area is 151 Å². The largest absolute Gasteiger partial charge is 0.420 e. The number of urea groups is 1. The number of amides is 3. The van der Waals surface area contributed by atoms with E-state index in [9.17, 15) is 9.59 Å². The maximum atomic E-state index is 12.4. The summed E-state index contributed by atoms with van der Waals surface area (Å²) in [6.07, 6.45) is 0.872. The number of carbonyl (C=O) groups is 2. The Morgan fingerprint density at radius 2 is 1.96 bits per heavy atom. The van der Waals surface area contributed by atoms with Crippen molar-refractivity contribution >= 4 is 23.5 Å². The molecular weight excluding hydrogens is 332 g/mol. The number of rotatable bonds is 6. The van der Waals surface area contributed by atoms with Crippen LogP contribution >= 0.6 is 0 Å². The molecule has 132 valence electrons. The van der Waals surface area contributed by atoms with Crippen molar-refractivity contribution in [2.45, 2.75) is 0 Å². The van der Waals surface area contributed by atoms with Crippen molar-refractivity contribution in [3.8, 4) is 11.8 Å². The lowest BCUT2D eigenvalue weighted by molar-refractivity contribution is 0.208. The molecule has 26 heavy (non-hydrogen) atoms. The van der Waals surface area contributed by atoms with Crippen molar-refractivity contribution in [2.24, 2.45) is 0 Å². The number of hydrogen-bond donors (Lipinski definition) is 2. The van der Waals surface area contributed by atoms with Crippen molar-refractivity contribution in [3.63, 3.8) is 0 Å². The second kappa shape index (κ2) is 9.49. The van der Waals surface area contributed by atoms with E-state index in [1.807, 2.05) is 12.1 Å². The molecule has 0 unspecified atom stereocenters. The zero-order valence-corrected chi connectivity index (χ0v) is 14.0. The van der Waals surface area contributed by atoms with Gasteiger partial charge < -0.3 is 15.4 Å². The van der Waals surface area contributed by atoms with Crippen LogP contribution in [0, 0.1) is 11.3 Å². The number of para-hydroxylation sites is 1. The van der Waals surface area contributed by atoms with Crippen LogP contribution in [0.5, 0.6) is 5.75 Å². The van der Waals surface area contributed by atoms with Crippen LogP contribution in [0.3, 0.4) is 0 Å². The van der Waals surface area contributed by atoms with Gasteiger partial charge in [0.1, 0.15) is 12.3 Å². The van der Waals surface area contributed by atoms with E-state index >= 15 is 0 Å². The quantitative estimate of drug-likeness (QED) is 0.615. The maximum Gasteiger partial charge on any atom is 0.420 e. The van der Waals surface area contributed by atoms with Crippen LogP contribution in [-0.4, -0.2) is 25.2 Å². The second-order valence-corrected chi connectivity index (χ2v) is 5.10. The zero-order chi connectivity index (χ0) is 18.8. The van der Waals surface area contributed by atoms with Crippen LogP contribution < -0.4 is 20.3 Å². The minimum absolute atomic E-state index is 0.148. The molecule has 0 radical (unpaired) electrons. The highest BCUT2D eigenvalue weighted by molar-refractivity contribution is 5.91. The minimum Gasteiger partial charge on any atom is -0.410 e. The summed E-state index contributed by atoms with van der Waals surface area (Å²) in [7, 11) is 0. The van der Waals surface area contributed by atoms with Crippen LogP contribution in [0.25, 0.3) is 0 Å². The van der Waals surface area contributed by atoms with Gasteiger partial charge in [-0.05, 0) is 24.3 Å². The van der Waals surface area contributed by atoms with Gasteiger partial charge in [0.2, 0.25) is 0 Å². The number of hydrogen-bond acceptors (Lipinski definition) is 4. The predicted octanol–water partition coefficient (Wildman–Crippen LogP) is 3.52. The highest BCUT2D eigenvalue weighted by atomic mass is 16.6. The predicted molar refractivity (Wildman–Crippen MR) is 99.1 cm³/mol. The molecule has 0 aliphatic rings. The molecule has 0 fully saturated rings. The molecule has 2 N–H and O–H groups in total. The number of nitrogens with one attached hydrogen (secondary N) is 2. The second-order valence-electron chi connectivity index (χ2n) is 5.10. The highest BCUT2D eigenvalue weighted by Gasteiger charge is 2.17. The van der Waals surface area contributed by atoms with Crippen LogP contribution in [0.4, 0.5) is 21.0 Å². The molecule has 0 saturated carbocycles. The van der Waals surface area contributed by atoms with E-state index in [0.29, 0.717) is 17.9 Å². The number of nitrogens with zero attached hydrogens (tertiary/aromatic N) is 2. The summed E-state index contributed by atoms with van der Waals surface area (Å²) in [5.41, 5.74) is 1.01. The van der Waals surface area contributed by atoms with Gasteiger partial charge in [0.25, 0.3) is 0 Å². The summed E-state index contributed by atoms with van der Waals surface area (Å²) < 4.78 is 5.33. The first-order valence-corrected chi connectivity index (χ1v) is 7.81. The average Bonchev–Trinajstić information content (AvgIpc) is 2.65. The standard InChI is InChI=1S/C19H18N4O3/c1-2-12-21-18(24)22-15-7-6-10-17(14-15)26-19(25)23(13-11-20)16-8-4-3-5-9-16/h2-10,14H,1,12-13H2,(H2,21,22,24). The monoisotopic (exact) mass is 350 g/mol. The summed E-state index contributed by atoms with van der Waals surface area (Å²) >= 11 is 0. The molecule has 0 atom stereocenters. The number of anilines is 2. The Bertz CT molecular complexity index is 815. The molecule has 7 heteroatoms. The first-order valence-electron chi connectivity index (χ1n) is 7.81. The molecule has 0 aliphatic heterocycles. The van der Waals surface area contributed by atoms with Crippen LogP contribution in [-0.2, 0) is 0 Å². The maximum absolute atomic E-state index is 12.4. The summed E-state index contributed by atoms with van der Waals surface area (Å²) in [4.78, 5) is 25.3.